The number of aliphatic hydroxyl groups is 1. The third kappa shape index (κ3) is 25.0. The molecule has 69 heavy (non-hydrogen) atoms. The van der Waals surface area contributed by atoms with Crippen molar-refractivity contribution in [1.82, 2.24) is 10.1 Å². The zero-order valence-corrected chi connectivity index (χ0v) is 38.5. The number of methoxy groups -OCH3 is 3. The summed E-state index contributed by atoms with van der Waals surface area (Å²) in [7, 11) is 3.03. The van der Waals surface area contributed by atoms with E-state index >= 15 is 0 Å². The number of hydrogen-bond donors (Lipinski definition) is 5. The maximum atomic E-state index is 11.4. The first-order chi connectivity index (χ1) is 29.5. The monoisotopic (exact) mass is 993 g/mol. The van der Waals surface area contributed by atoms with Crippen molar-refractivity contribution < 1.29 is 56.3 Å². The normalized spacial score (nSPS) is 15.8. The second-order valence-corrected chi connectivity index (χ2v) is 16.1. The SMILES string of the molecule is C.C.C.C.C.C.C.CB(O)O.CB1OC(c2ccccc2)(c2ccccc2)C2CCCN12.COB(C)OC.COC(OC)OC.CS(=O)(=O)O.OC(c1ccccc1)(c1ccccc1)C1CCCN1. The van der Waals surface area contributed by atoms with Crippen molar-refractivity contribution in [2.75, 3.05) is 54.9 Å². The number of fused-ring (bicyclic) bond motifs is 1. The lowest BCUT2D eigenvalue weighted by molar-refractivity contribution is -0.252. The Bertz CT molecular complexity index is 1750. The van der Waals surface area contributed by atoms with E-state index < -0.39 is 29.3 Å². The molecule has 3 aliphatic heterocycles. The van der Waals surface area contributed by atoms with Crippen LogP contribution in [0.25, 0.3) is 0 Å². The zero-order chi connectivity index (χ0) is 46.2. The smallest absolute Gasteiger partial charge is 0.427 e. The van der Waals surface area contributed by atoms with Crippen LogP contribution in [0.3, 0.4) is 0 Å². The van der Waals surface area contributed by atoms with Gasteiger partial charge in [-0.05, 0) is 81.5 Å². The third-order valence-corrected chi connectivity index (χ3v) is 10.2. The van der Waals surface area contributed by atoms with Gasteiger partial charge in [0.2, 0.25) is 0 Å². The van der Waals surface area contributed by atoms with Crippen LogP contribution in [0.5, 0.6) is 0 Å². The van der Waals surface area contributed by atoms with Crippen LogP contribution in [0.2, 0.25) is 20.5 Å². The topological polar surface area (TPSA) is 186 Å². The summed E-state index contributed by atoms with van der Waals surface area (Å²) >= 11 is 0. The molecule has 0 amide bonds. The molecule has 3 fully saturated rings. The molecule has 5 N–H and O–H groups in total. The highest BCUT2D eigenvalue weighted by Gasteiger charge is 2.56. The van der Waals surface area contributed by atoms with Crippen LogP contribution in [0, 0.1) is 0 Å². The highest BCUT2D eigenvalue weighted by molar-refractivity contribution is 7.85. The highest BCUT2D eigenvalue weighted by atomic mass is 32.2. The fourth-order valence-corrected chi connectivity index (χ4v) is 7.51. The lowest BCUT2D eigenvalue weighted by Gasteiger charge is -2.36. The predicted molar refractivity (Wildman–Crippen MR) is 294 cm³/mol. The molecule has 0 aliphatic carbocycles. The van der Waals surface area contributed by atoms with Gasteiger partial charge in [0.1, 0.15) is 11.2 Å². The second kappa shape index (κ2) is 40.2. The summed E-state index contributed by atoms with van der Waals surface area (Å²) in [5, 5.41) is 30.1. The number of hydrogen-bond acceptors (Lipinski definition) is 13. The van der Waals surface area contributed by atoms with Gasteiger partial charge in [-0.1, -0.05) is 173 Å². The molecule has 0 spiro atoms. The maximum Gasteiger partial charge on any atom is 0.453 e. The Morgan fingerprint density at radius 3 is 1.32 bits per heavy atom. The first kappa shape index (κ1) is 77.0. The van der Waals surface area contributed by atoms with Crippen LogP contribution in [0.15, 0.2) is 121 Å². The van der Waals surface area contributed by atoms with Gasteiger partial charge in [-0.2, -0.15) is 8.42 Å². The standard InChI is InChI=1S/C18H20BNO.C17H19NO.C4H10O3.C3H9BO2.CH5BO2.CH4O3S.7CH4/c1-19-20-14-8-13-17(20)18(21-19,15-9-4-2-5-10-15)16-11-6-3-7-12-16;19-17(16-12-7-13-18-16,14-8-3-1-4-9-14)15-10-5-2-6-11-15;1-5-4(6-2)7-3;1-4(5-2)6-3;1-2(3)4;1-5(2,3)4;;;;;;;/h2-7,9-12,17H,8,13-14H2,1H3;1-6,8-11,16,18-19H,7,12-13H2;4H,1-3H3;1-3H3;3-4H,1H3;1H3,(H,2,3,4);7*1H4. The molecule has 3 aliphatic rings. The van der Waals surface area contributed by atoms with E-state index in [2.05, 4.69) is 101 Å². The van der Waals surface area contributed by atoms with E-state index in [1.54, 1.807) is 14.2 Å². The van der Waals surface area contributed by atoms with Gasteiger partial charge >= 0.3 is 21.3 Å². The van der Waals surface area contributed by atoms with Crippen LogP contribution in [-0.4, -0.2) is 128 Å². The summed E-state index contributed by atoms with van der Waals surface area (Å²) < 4.78 is 55.6. The summed E-state index contributed by atoms with van der Waals surface area (Å²) in [6, 6.07) is 41.9. The molecule has 396 valence electrons. The Hall–Kier alpha value is -3.46. The fourth-order valence-electron chi connectivity index (χ4n) is 7.51. The molecule has 0 radical (unpaired) electrons. The summed E-state index contributed by atoms with van der Waals surface area (Å²) in [5.74, 6) is 0. The van der Waals surface area contributed by atoms with Gasteiger partial charge in [0.25, 0.3) is 16.6 Å². The van der Waals surface area contributed by atoms with Crippen LogP contribution in [0.1, 0.15) is 99.9 Å². The van der Waals surface area contributed by atoms with Gasteiger partial charge in [0, 0.05) is 47.6 Å². The molecule has 3 saturated heterocycles. The lowest BCUT2D eigenvalue weighted by atomic mass is 9.79. The summed E-state index contributed by atoms with van der Waals surface area (Å²) in [6.07, 6.45) is 5.30. The Morgan fingerprint density at radius 2 is 1.04 bits per heavy atom. The molecule has 0 bridgehead atoms. The molecule has 4 aromatic rings. The minimum absolute atomic E-state index is 0. The quantitative estimate of drug-likeness (QED) is 0.0574. The largest absolute Gasteiger partial charge is 0.453 e. The number of nitrogens with zero attached hydrogens (tertiary/aromatic N) is 1. The average Bonchev–Trinajstić information content (AvgIpc) is 4.06. The molecular formula is C51H95B3N2O12S. The molecule has 2 atom stereocenters. The Kier molecular flexibility index (Phi) is 44.8. The molecule has 18 heteroatoms. The average molecular weight is 993 g/mol. The van der Waals surface area contributed by atoms with Crippen molar-refractivity contribution in [3.63, 3.8) is 0 Å². The molecule has 4 aromatic carbocycles. The molecule has 2 unspecified atom stereocenters. The number of nitrogens with one attached hydrogen (secondary N) is 1. The molecule has 7 rings (SSSR count). The lowest BCUT2D eigenvalue weighted by Crippen LogP contribution is -2.46. The first-order valence-corrected chi connectivity index (χ1v) is 22.4. The van der Waals surface area contributed by atoms with Crippen molar-refractivity contribution in [2.24, 2.45) is 0 Å². The summed E-state index contributed by atoms with van der Waals surface area (Å²) in [6.45, 7) is 6.91. The van der Waals surface area contributed by atoms with Gasteiger partial charge in [0.15, 0.2) is 0 Å². The number of rotatable bonds is 10. The number of ether oxygens (including phenoxy) is 3. The van der Waals surface area contributed by atoms with E-state index in [1.807, 2.05) is 67.5 Å². The minimum Gasteiger partial charge on any atom is -0.427 e. The highest BCUT2D eigenvalue weighted by Crippen LogP contribution is 2.48. The number of benzene rings is 4. The van der Waals surface area contributed by atoms with Gasteiger partial charge < -0.3 is 53.5 Å². The van der Waals surface area contributed by atoms with Crippen LogP contribution in [-0.2, 0) is 49.5 Å². The van der Waals surface area contributed by atoms with E-state index in [0.717, 1.165) is 37.1 Å². The summed E-state index contributed by atoms with van der Waals surface area (Å²) in [4.78, 5) is 2.53. The first-order valence-electron chi connectivity index (χ1n) is 20.6. The van der Waals surface area contributed by atoms with Crippen molar-refractivity contribution in [2.45, 2.75) is 128 Å². The minimum atomic E-state index is -3.67. The molecule has 0 aromatic heterocycles. The van der Waals surface area contributed by atoms with E-state index in [-0.39, 0.29) is 77.8 Å². The van der Waals surface area contributed by atoms with Crippen LogP contribution >= 0.6 is 0 Å². The van der Waals surface area contributed by atoms with Crippen LogP contribution in [0.4, 0.5) is 0 Å². The van der Waals surface area contributed by atoms with Crippen molar-refractivity contribution >= 4 is 31.4 Å². The van der Waals surface area contributed by atoms with E-state index in [9.17, 15) is 13.5 Å². The van der Waals surface area contributed by atoms with Crippen molar-refractivity contribution in [1.29, 1.82) is 0 Å². The van der Waals surface area contributed by atoms with E-state index in [1.165, 1.54) is 52.1 Å². The maximum absolute atomic E-state index is 11.4. The molecule has 0 saturated carbocycles. The molecular weight excluding hydrogens is 897 g/mol. The second-order valence-electron chi connectivity index (χ2n) is 14.6. The Morgan fingerprint density at radius 1 is 0.696 bits per heavy atom. The van der Waals surface area contributed by atoms with Gasteiger partial charge in [-0.3, -0.25) is 4.55 Å². The fraction of sp³-hybridized carbons (Fsp3) is 0.529. The Labute approximate surface area is 422 Å². The molecule has 14 nitrogen and oxygen atoms in total. The molecule has 3 heterocycles. The Balaban J connectivity index is -0.000000190. The van der Waals surface area contributed by atoms with E-state index in [4.69, 9.17) is 19.3 Å². The van der Waals surface area contributed by atoms with Gasteiger partial charge in [0.05, 0.1) is 6.26 Å². The van der Waals surface area contributed by atoms with Gasteiger partial charge in [-0.15, -0.1) is 0 Å². The van der Waals surface area contributed by atoms with E-state index in [0.29, 0.717) is 12.3 Å². The van der Waals surface area contributed by atoms with Crippen molar-refractivity contribution in [3.8, 4) is 0 Å². The van der Waals surface area contributed by atoms with Crippen LogP contribution < -0.4 is 5.32 Å². The van der Waals surface area contributed by atoms with Gasteiger partial charge in [-0.25, -0.2) is 0 Å². The van der Waals surface area contributed by atoms with Crippen molar-refractivity contribution in [3.05, 3.63) is 144 Å². The third-order valence-electron chi connectivity index (χ3n) is 10.2. The summed E-state index contributed by atoms with van der Waals surface area (Å²) in [5.41, 5.74) is 3.20. The predicted octanol–water partition coefficient (Wildman–Crippen LogP) is 9.87. The zero-order valence-electron chi connectivity index (χ0n) is 37.7.